The number of thiazole rings is 1. The van der Waals surface area contributed by atoms with Crippen LogP contribution in [0.5, 0.6) is 0 Å². The summed E-state index contributed by atoms with van der Waals surface area (Å²) in [5.74, 6) is -1.46. The zero-order chi connectivity index (χ0) is 12.1. The van der Waals surface area contributed by atoms with Gasteiger partial charge in [-0.15, -0.1) is 11.3 Å². The third kappa shape index (κ3) is 3.11. The van der Waals surface area contributed by atoms with Gasteiger partial charge in [-0.1, -0.05) is 6.92 Å². The Labute approximate surface area is 97.1 Å². The molecule has 0 radical (unpaired) electrons. The summed E-state index contributed by atoms with van der Waals surface area (Å²) in [5, 5.41) is 9.37. The zero-order valence-corrected chi connectivity index (χ0v) is 9.97. The van der Waals surface area contributed by atoms with Crippen LogP contribution in [0.2, 0.25) is 0 Å². The van der Waals surface area contributed by atoms with E-state index < -0.39 is 5.97 Å². The number of ether oxygens (including phenoxy) is 1. The van der Waals surface area contributed by atoms with Gasteiger partial charge >= 0.3 is 5.97 Å². The predicted octanol–water partition coefficient (Wildman–Crippen LogP) is 1.97. The van der Waals surface area contributed by atoms with Gasteiger partial charge in [0.25, 0.3) is 0 Å². The lowest BCUT2D eigenvalue weighted by atomic mass is 10.3. The van der Waals surface area contributed by atoms with Crippen molar-refractivity contribution >= 4 is 23.1 Å². The van der Waals surface area contributed by atoms with Gasteiger partial charge in [0, 0.05) is 13.5 Å². The second kappa shape index (κ2) is 5.72. The Hall–Kier alpha value is -1.27. The first-order valence-electron chi connectivity index (χ1n) is 4.88. The van der Waals surface area contributed by atoms with Crippen molar-refractivity contribution in [1.82, 2.24) is 4.98 Å². The lowest BCUT2D eigenvalue weighted by molar-refractivity contribution is 0.0686. The molecule has 0 saturated heterocycles. The summed E-state index contributed by atoms with van der Waals surface area (Å²) in [5.41, 5.74) is -0.174. The number of nitrogens with zero attached hydrogens (tertiary/aromatic N) is 1. The normalized spacial score (nSPS) is 10.4. The van der Waals surface area contributed by atoms with E-state index >= 15 is 0 Å². The molecule has 0 spiro atoms. The first kappa shape index (κ1) is 12.8. The van der Waals surface area contributed by atoms with Gasteiger partial charge in [0.05, 0.1) is 6.61 Å². The van der Waals surface area contributed by atoms with Gasteiger partial charge in [0.15, 0.2) is 11.5 Å². The quantitative estimate of drug-likeness (QED) is 0.610. The maximum Gasteiger partial charge on any atom is 0.356 e. The Morgan fingerprint density at radius 1 is 1.50 bits per heavy atom. The van der Waals surface area contributed by atoms with Crippen LogP contribution >= 0.6 is 11.3 Å². The summed E-state index contributed by atoms with van der Waals surface area (Å²) in [6.45, 7) is 4.16. The minimum Gasteiger partial charge on any atom is -0.476 e. The molecule has 0 aliphatic heterocycles. The highest BCUT2D eigenvalue weighted by molar-refractivity contribution is 7.14. The number of ketones is 1. The standard InChI is InChI=1S/C10H13NO4S/c1-3-4-15-5-7-11-8(10(13)14)9(16-7)6(2)12/h3-5H2,1-2H3,(H,13,14). The molecular weight excluding hydrogens is 230 g/mol. The average Bonchev–Trinajstić information content (AvgIpc) is 2.62. The van der Waals surface area contributed by atoms with E-state index in [0.29, 0.717) is 11.6 Å². The molecule has 16 heavy (non-hydrogen) atoms. The Kier molecular flexibility index (Phi) is 4.57. The van der Waals surface area contributed by atoms with Crippen molar-refractivity contribution in [2.45, 2.75) is 26.9 Å². The van der Waals surface area contributed by atoms with E-state index in [-0.39, 0.29) is 23.0 Å². The number of carbonyl (C=O) groups excluding carboxylic acids is 1. The van der Waals surface area contributed by atoms with Gasteiger partial charge in [0.2, 0.25) is 0 Å². The Bertz CT molecular complexity index is 368. The number of Topliss-reactive ketones (excluding diaryl/α,β-unsaturated/α-hetero) is 1. The number of aromatic nitrogens is 1. The Morgan fingerprint density at radius 2 is 2.19 bits per heavy atom. The largest absolute Gasteiger partial charge is 0.476 e. The van der Waals surface area contributed by atoms with Crippen molar-refractivity contribution in [3.8, 4) is 0 Å². The van der Waals surface area contributed by atoms with Gasteiger partial charge in [-0.2, -0.15) is 0 Å². The first-order valence-corrected chi connectivity index (χ1v) is 5.69. The smallest absolute Gasteiger partial charge is 0.356 e. The molecule has 0 bridgehead atoms. The fourth-order valence-corrected chi connectivity index (χ4v) is 2.00. The highest BCUT2D eigenvalue weighted by Crippen LogP contribution is 2.20. The van der Waals surface area contributed by atoms with Crippen LogP contribution in [0.25, 0.3) is 0 Å². The number of carbonyl (C=O) groups is 2. The van der Waals surface area contributed by atoms with E-state index in [4.69, 9.17) is 9.84 Å². The van der Waals surface area contributed by atoms with Crippen LogP contribution in [0, 0.1) is 0 Å². The number of hydrogen-bond acceptors (Lipinski definition) is 5. The van der Waals surface area contributed by atoms with Crippen LogP contribution < -0.4 is 0 Å². The zero-order valence-electron chi connectivity index (χ0n) is 9.15. The number of rotatable bonds is 6. The van der Waals surface area contributed by atoms with E-state index in [0.717, 1.165) is 17.8 Å². The molecule has 0 unspecified atom stereocenters. The molecule has 0 aliphatic rings. The summed E-state index contributed by atoms with van der Waals surface area (Å²) < 4.78 is 5.24. The summed E-state index contributed by atoms with van der Waals surface area (Å²) in [6.07, 6.45) is 0.886. The summed E-state index contributed by atoms with van der Waals surface area (Å²) in [7, 11) is 0. The summed E-state index contributed by atoms with van der Waals surface area (Å²) >= 11 is 1.08. The molecule has 5 nitrogen and oxygen atoms in total. The third-order valence-corrected chi connectivity index (χ3v) is 2.90. The molecule has 1 rings (SSSR count). The van der Waals surface area contributed by atoms with Crippen molar-refractivity contribution in [1.29, 1.82) is 0 Å². The molecule has 0 amide bonds. The second-order valence-corrected chi connectivity index (χ2v) is 4.28. The van der Waals surface area contributed by atoms with Crippen LogP contribution in [-0.4, -0.2) is 28.4 Å². The molecule has 0 saturated carbocycles. The number of carboxylic acid groups (broad SMARTS) is 1. The van der Waals surface area contributed by atoms with E-state index in [1.807, 2.05) is 6.92 Å². The first-order chi connectivity index (χ1) is 7.56. The number of carboxylic acids is 1. The molecular formula is C10H13NO4S. The number of hydrogen-bond donors (Lipinski definition) is 1. The molecule has 0 atom stereocenters. The van der Waals surface area contributed by atoms with Crippen LogP contribution in [0.15, 0.2) is 0 Å². The van der Waals surface area contributed by atoms with Crippen LogP contribution in [-0.2, 0) is 11.3 Å². The summed E-state index contributed by atoms with van der Waals surface area (Å²) in [6, 6.07) is 0. The SMILES string of the molecule is CCCOCc1nc(C(=O)O)c(C(C)=O)s1. The lowest BCUT2D eigenvalue weighted by Gasteiger charge is -1.96. The molecule has 88 valence electrons. The molecule has 0 fully saturated rings. The topological polar surface area (TPSA) is 76.5 Å². The highest BCUT2D eigenvalue weighted by Gasteiger charge is 2.20. The van der Waals surface area contributed by atoms with Crippen molar-refractivity contribution in [3.63, 3.8) is 0 Å². The third-order valence-electron chi connectivity index (χ3n) is 1.77. The fraction of sp³-hybridized carbons (Fsp3) is 0.500. The molecule has 1 N–H and O–H groups in total. The molecule has 1 aromatic heterocycles. The lowest BCUT2D eigenvalue weighted by Crippen LogP contribution is -2.04. The fourth-order valence-electron chi connectivity index (χ4n) is 1.11. The number of aromatic carboxylic acids is 1. The monoisotopic (exact) mass is 243 g/mol. The van der Waals surface area contributed by atoms with E-state index in [1.165, 1.54) is 6.92 Å². The molecule has 6 heteroatoms. The van der Waals surface area contributed by atoms with Crippen molar-refractivity contribution in [2.75, 3.05) is 6.61 Å². The van der Waals surface area contributed by atoms with Gasteiger partial charge in [-0.3, -0.25) is 4.79 Å². The van der Waals surface area contributed by atoms with E-state index in [9.17, 15) is 9.59 Å². The Morgan fingerprint density at radius 3 is 2.62 bits per heavy atom. The van der Waals surface area contributed by atoms with Crippen molar-refractivity contribution < 1.29 is 19.4 Å². The molecule has 1 heterocycles. The van der Waals surface area contributed by atoms with Crippen molar-refractivity contribution in [3.05, 3.63) is 15.6 Å². The minimum atomic E-state index is -1.18. The van der Waals surface area contributed by atoms with Gasteiger partial charge < -0.3 is 9.84 Å². The van der Waals surface area contributed by atoms with Crippen LogP contribution in [0.1, 0.15) is 45.4 Å². The van der Waals surface area contributed by atoms with Gasteiger partial charge in [-0.05, 0) is 6.42 Å². The second-order valence-electron chi connectivity index (χ2n) is 3.20. The average molecular weight is 243 g/mol. The molecule has 0 aromatic carbocycles. The highest BCUT2D eigenvalue weighted by atomic mass is 32.1. The van der Waals surface area contributed by atoms with Crippen molar-refractivity contribution in [2.24, 2.45) is 0 Å². The van der Waals surface area contributed by atoms with Crippen LogP contribution in [0.4, 0.5) is 0 Å². The van der Waals surface area contributed by atoms with Crippen LogP contribution in [0.3, 0.4) is 0 Å². The van der Waals surface area contributed by atoms with E-state index in [1.54, 1.807) is 0 Å². The van der Waals surface area contributed by atoms with Gasteiger partial charge in [-0.25, -0.2) is 9.78 Å². The Balaban J connectivity index is 2.84. The maximum absolute atomic E-state index is 11.2. The van der Waals surface area contributed by atoms with Gasteiger partial charge in [0.1, 0.15) is 9.88 Å². The molecule has 1 aromatic rings. The maximum atomic E-state index is 11.2. The van der Waals surface area contributed by atoms with E-state index in [2.05, 4.69) is 4.98 Å². The summed E-state index contributed by atoms with van der Waals surface area (Å²) in [4.78, 5) is 26.1. The minimum absolute atomic E-state index is 0.174. The predicted molar refractivity (Wildman–Crippen MR) is 59.0 cm³/mol. The molecule has 0 aliphatic carbocycles.